The summed E-state index contributed by atoms with van der Waals surface area (Å²) in [6.45, 7) is 3.54. The van der Waals surface area contributed by atoms with Gasteiger partial charge < -0.3 is 15.0 Å². The van der Waals surface area contributed by atoms with E-state index in [1.54, 1.807) is 24.8 Å². The van der Waals surface area contributed by atoms with Crippen LogP contribution in [-0.4, -0.2) is 62.2 Å². The van der Waals surface area contributed by atoms with Crippen molar-refractivity contribution in [1.29, 1.82) is 0 Å². The Bertz CT molecular complexity index is 2090. The number of carbonyl (C=O) groups is 1. The van der Waals surface area contributed by atoms with E-state index in [0.717, 1.165) is 95.2 Å². The van der Waals surface area contributed by atoms with Crippen molar-refractivity contribution in [3.63, 3.8) is 0 Å². The monoisotopic (exact) mass is 643 g/mol. The minimum absolute atomic E-state index is 0.0696. The zero-order valence-electron chi connectivity index (χ0n) is 26.8. The third-order valence-corrected chi connectivity index (χ3v) is 9.74. The molecule has 0 spiro atoms. The second kappa shape index (κ2) is 13.2. The quantitative estimate of drug-likeness (QED) is 0.147. The highest BCUT2D eigenvalue weighted by Gasteiger charge is 2.22. The van der Waals surface area contributed by atoms with Gasteiger partial charge in [-0.25, -0.2) is 4.39 Å². The van der Waals surface area contributed by atoms with Crippen LogP contribution in [0.4, 0.5) is 10.1 Å². The molecule has 2 fully saturated rings. The number of pyridine rings is 2. The molecule has 0 unspecified atom stereocenters. The lowest BCUT2D eigenvalue weighted by molar-refractivity contribution is -0.120. The SMILES string of the molecule is O=C(Nc1cncc(-c2ccc3[nH]nc(-c4cc5c(-c6cc(F)cc(OCCN7CCCC7)c6)cncc5[nH]4)c3c2)c1)C1CCCCC1. The molecule has 3 N–H and O–H groups in total. The molecule has 0 bridgehead atoms. The highest BCUT2D eigenvalue weighted by Crippen LogP contribution is 2.36. The number of hydrogen-bond acceptors (Lipinski definition) is 6. The third-order valence-electron chi connectivity index (χ3n) is 9.74. The molecular formula is C38H38FN7O2. The number of benzene rings is 2. The van der Waals surface area contributed by atoms with Crippen molar-refractivity contribution < 1.29 is 13.9 Å². The Hall–Kier alpha value is -5.09. The Morgan fingerprint density at radius 3 is 2.58 bits per heavy atom. The van der Waals surface area contributed by atoms with Crippen molar-refractivity contribution in [1.82, 2.24) is 30.0 Å². The first-order valence-corrected chi connectivity index (χ1v) is 16.9. The standard InChI is InChI=1S/C38H38FN7O2/c39-28-14-26(16-30(18-28)48-13-12-46-10-4-5-11-46)33-22-41-23-36-31(33)19-35(43-36)37-32-17-25(8-9-34(32)44-45-37)27-15-29(21-40-20-27)42-38(47)24-6-2-1-3-7-24/h8-9,14-24,43H,1-7,10-13H2,(H,42,47)(H,44,45). The fourth-order valence-electron chi connectivity index (χ4n) is 7.18. The van der Waals surface area contributed by atoms with Crippen molar-refractivity contribution in [2.75, 3.05) is 31.6 Å². The number of carbonyl (C=O) groups excluding carboxylic acids is 1. The van der Waals surface area contributed by atoms with Crippen LogP contribution in [0.1, 0.15) is 44.9 Å². The highest BCUT2D eigenvalue weighted by molar-refractivity contribution is 6.01. The summed E-state index contributed by atoms with van der Waals surface area (Å²) in [5, 5.41) is 12.8. The van der Waals surface area contributed by atoms with Gasteiger partial charge >= 0.3 is 0 Å². The Morgan fingerprint density at radius 2 is 1.71 bits per heavy atom. The Morgan fingerprint density at radius 1 is 0.854 bits per heavy atom. The van der Waals surface area contributed by atoms with Gasteiger partial charge in [-0.2, -0.15) is 5.10 Å². The van der Waals surface area contributed by atoms with Crippen molar-refractivity contribution in [2.45, 2.75) is 44.9 Å². The van der Waals surface area contributed by atoms with E-state index in [1.165, 1.54) is 31.4 Å². The number of aromatic nitrogens is 5. The summed E-state index contributed by atoms with van der Waals surface area (Å²) < 4.78 is 20.8. The fraction of sp³-hybridized carbons (Fsp3) is 0.316. The maximum absolute atomic E-state index is 14.8. The first kappa shape index (κ1) is 30.3. The van der Waals surface area contributed by atoms with Gasteiger partial charge in [-0.3, -0.25) is 24.8 Å². The lowest BCUT2D eigenvalue weighted by Crippen LogP contribution is -2.25. The van der Waals surface area contributed by atoms with Crippen molar-refractivity contribution in [3.05, 3.63) is 79.1 Å². The van der Waals surface area contributed by atoms with E-state index in [1.807, 2.05) is 30.3 Å². The molecule has 2 aliphatic rings. The molecule has 10 heteroatoms. The molecule has 9 nitrogen and oxygen atoms in total. The predicted octanol–water partition coefficient (Wildman–Crippen LogP) is 7.97. The molecule has 4 aromatic heterocycles. The topological polar surface area (TPSA) is 112 Å². The van der Waals surface area contributed by atoms with Crippen molar-refractivity contribution in [2.24, 2.45) is 5.92 Å². The summed E-state index contributed by atoms with van der Waals surface area (Å²) in [5.41, 5.74) is 7.34. The molecule has 0 atom stereocenters. The van der Waals surface area contributed by atoms with E-state index in [4.69, 9.17) is 4.74 Å². The van der Waals surface area contributed by atoms with Gasteiger partial charge in [0.2, 0.25) is 5.91 Å². The van der Waals surface area contributed by atoms with Gasteiger partial charge in [0.05, 0.1) is 34.8 Å². The van der Waals surface area contributed by atoms with Crippen LogP contribution in [0.3, 0.4) is 0 Å². The van der Waals surface area contributed by atoms with Gasteiger partial charge in [0.15, 0.2) is 0 Å². The van der Waals surface area contributed by atoms with Gasteiger partial charge in [-0.1, -0.05) is 25.3 Å². The van der Waals surface area contributed by atoms with E-state index >= 15 is 0 Å². The number of anilines is 1. The number of aromatic amines is 2. The van der Waals surface area contributed by atoms with Gasteiger partial charge in [0, 0.05) is 52.8 Å². The number of likely N-dealkylation sites (tertiary alicyclic amines) is 1. The van der Waals surface area contributed by atoms with Crippen LogP contribution in [0.25, 0.3) is 55.4 Å². The third kappa shape index (κ3) is 6.27. The van der Waals surface area contributed by atoms with Gasteiger partial charge in [0.1, 0.15) is 23.9 Å². The van der Waals surface area contributed by atoms with Crippen LogP contribution in [0.2, 0.25) is 0 Å². The van der Waals surface area contributed by atoms with E-state index in [0.29, 0.717) is 23.6 Å². The summed E-state index contributed by atoms with van der Waals surface area (Å²) in [4.78, 5) is 27.6. The van der Waals surface area contributed by atoms with Gasteiger partial charge in [0.25, 0.3) is 0 Å². The van der Waals surface area contributed by atoms with Crippen molar-refractivity contribution >= 4 is 33.4 Å². The van der Waals surface area contributed by atoms with E-state index in [-0.39, 0.29) is 17.6 Å². The summed E-state index contributed by atoms with van der Waals surface area (Å²) >= 11 is 0. The number of ether oxygens (including phenoxy) is 1. The number of nitrogens with one attached hydrogen (secondary N) is 3. The number of rotatable bonds is 9. The number of amides is 1. The van der Waals surface area contributed by atoms with E-state index < -0.39 is 0 Å². The van der Waals surface area contributed by atoms with Crippen LogP contribution in [0, 0.1) is 11.7 Å². The molecular weight excluding hydrogens is 605 g/mol. The molecule has 1 saturated heterocycles. The first-order chi connectivity index (χ1) is 23.6. The number of nitrogens with zero attached hydrogens (tertiary/aromatic N) is 4. The number of fused-ring (bicyclic) bond motifs is 2. The molecule has 1 saturated carbocycles. The zero-order valence-corrected chi connectivity index (χ0v) is 26.8. The maximum atomic E-state index is 14.8. The smallest absolute Gasteiger partial charge is 0.227 e. The summed E-state index contributed by atoms with van der Waals surface area (Å²) in [7, 11) is 0. The second-order valence-electron chi connectivity index (χ2n) is 13.0. The van der Waals surface area contributed by atoms with Crippen LogP contribution in [0.15, 0.2) is 73.3 Å². The maximum Gasteiger partial charge on any atom is 0.227 e. The second-order valence-corrected chi connectivity index (χ2v) is 13.0. The molecule has 1 aliphatic carbocycles. The average Bonchev–Trinajstić information content (AvgIpc) is 3.88. The fourth-order valence-corrected chi connectivity index (χ4v) is 7.18. The molecule has 2 aromatic carbocycles. The number of H-pyrrole nitrogens is 2. The Labute approximate surface area is 277 Å². The van der Waals surface area contributed by atoms with Crippen LogP contribution in [0.5, 0.6) is 5.75 Å². The largest absolute Gasteiger partial charge is 0.492 e. The van der Waals surface area contributed by atoms with Gasteiger partial charge in [-0.05, 0) is 86.3 Å². The van der Waals surface area contributed by atoms with E-state index in [9.17, 15) is 9.18 Å². The first-order valence-electron chi connectivity index (χ1n) is 16.9. The zero-order chi connectivity index (χ0) is 32.5. The van der Waals surface area contributed by atoms with Crippen LogP contribution < -0.4 is 10.1 Å². The lowest BCUT2D eigenvalue weighted by Gasteiger charge is -2.20. The molecule has 6 aromatic rings. The van der Waals surface area contributed by atoms with Gasteiger partial charge in [-0.15, -0.1) is 0 Å². The van der Waals surface area contributed by atoms with Crippen molar-refractivity contribution in [3.8, 4) is 39.4 Å². The number of hydrogen-bond donors (Lipinski definition) is 3. The summed E-state index contributed by atoms with van der Waals surface area (Å²) in [5.74, 6) is 0.304. The Kier molecular flexibility index (Phi) is 8.32. The average molecular weight is 644 g/mol. The Balaban J connectivity index is 1.07. The normalized spacial score (nSPS) is 15.8. The molecule has 5 heterocycles. The lowest BCUT2D eigenvalue weighted by atomic mass is 9.88. The number of halogens is 1. The molecule has 48 heavy (non-hydrogen) atoms. The van der Waals surface area contributed by atoms with Crippen LogP contribution in [-0.2, 0) is 4.79 Å². The molecule has 0 radical (unpaired) electrons. The predicted molar refractivity (Wildman–Crippen MR) is 186 cm³/mol. The highest BCUT2D eigenvalue weighted by atomic mass is 19.1. The van der Waals surface area contributed by atoms with E-state index in [2.05, 4.69) is 41.4 Å². The van der Waals surface area contributed by atoms with Crippen LogP contribution >= 0.6 is 0 Å². The minimum Gasteiger partial charge on any atom is -0.492 e. The minimum atomic E-state index is -0.352. The summed E-state index contributed by atoms with van der Waals surface area (Å²) in [6, 6.07) is 15.0. The molecule has 8 rings (SSSR count). The molecule has 1 amide bonds. The molecule has 1 aliphatic heterocycles. The molecule has 244 valence electrons. The summed E-state index contributed by atoms with van der Waals surface area (Å²) in [6.07, 6.45) is 14.8.